The predicted octanol–water partition coefficient (Wildman–Crippen LogP) is 0.500. The van der Waals surface area contributed by atoms with Gasteiger partial charge in [-0.2, -0.15) is 0 Å². The van der Waals surface area contributed by atoms with E-state index in [4.69, 9.17) is 4.74 Å². The first-order chi connectivity index (χ1) is 10.4. The highest BCUT2D eigenvalue weighted by Crippen LogP contribution is 2.24. The van der Waals surface area contributed by atoms with Crippen molar-refractivity contribution < 1.29 is 22.7 Å². The minimum atomic E-state index is -3.02. The first-order valence-corrected chi connectivity index (χ1v) is 9.54. The second-order valence-electron chi connectivity index (χ2n) is 5.94. The Bertz CT molecular complexity index is 533. The number of carbonyl (C=O) groups is 2. The van der Waals surface area contributed by atoms with Gasteiger partial charge < -0.3 is 14.5 Å². The zero-order valence-electron chi connectivity index (χ0n) is 13.2. The molecule has 0 bridgehead atoms. The van der Waals surface area contributed by atoms with Crippen molar-refractivity contribution in [3.8, 4) is 0 Å². The highest BCUT2D eigenvalue weighted by atomic mass is 32.2. The smallest absolute Gasteiger partial charge is 0.409 e. The third-order valence-corrected chi connectivity index (χ3v) is 6.23. The minimum absolute atomic E-state index is 0.0433. The molecular weight excluding hydrogens is 308 g/mol. The number of hydrogen-bond donors (Lipinski definition) is 0. The fourth-order valence-corrected chi connectivity index (χ4v) is 5.05. The fraction of sp³-hybridized carbons (Fsp3) is 0.857. The molecule has 2 aliphatic heterocycles. The van der Waals surface area contributed by atoms with E-state index in [2.05, 4.69) is 0 Å². The van der Waals surface area contributed by atoms with E-state index in [-0.39, 0.29) is 29.4 Å². The van der Waals surface area contributed by atoms with Crippen LogP contribution in [-0.4, -0.2) is 74.5 Å². The third-order valence-electron chi connectivity index (χ3n) is 4.48. The standard InChI is InChI=1S/C14H24N2O5S/c1-3-16(12-6-8-22(19,20)10-12)13(17)11-5-4-7-15(9-11)14(18)21-2/h11-12H,3-10H2,1-2H3. The van der Waals surface area contributed by atoms with E-state index in [1.807, 2.05) is 6.92 Å². The molecule has 0 N–H and O–H groups in total. The van der Waals surface area contributed by atoms with Crippen LogP contribution in [0.5, 0.6) is 0 Å². The van der Waals surface area contributed by atoms with Gasteiger partial charge in [-0.05, 0) is 26.2 Å². The lowest BCUT2D eigenvalue weighted by molar-refractivity contribution is -0.138. The van der Waals surface area contributed by atoms with E-state index in [9.17, 15) is 18.0 Å². The number of likely N-dealkylation sites (tertiary alicyclic amines) is 1. The number of amides is 2. The molecule has 2 fully saturated rings. The summed E-state index contributed by atoms with van der Waals surface area (Å²) >= 11 is 0. The van der Waals surface area contributed by atoms with Crippen LogP contribution in [0.3, 0.4) is 0 Å². The van der Waals surface area contributed by atoms with Crippen molar-refractivity contribution in [3.05, 3.63) is 0 Å². The molecule has 2 rings (SSSR count). The number of nitrogens with zero attached hydrogens (tertiary/aromatic N) is 2. The lowest BCUT2D eigenvalue weighted by Crippen LogP contribution is -2.49. The lowest BCUT2D eigenvalue weighted by atomic mass is 9.96. The summed E-state index contributed by atoms with van der Waals surface area (Å²) in [5, 5.41) is 0. The number of sulfone groups is 1. The summed E-state index contributed by atoms with van der Waals surface area (Å²) < 4.78 is 28.0. The molecule has 0 spiro atoms. The van der Waals surface area contributed by atoms with Gasteiger partial charge in [0.25, 0.3) is 0 Å². The highest BCUT2D eigenvalue weighted by molar-refractivity contribution is 7.91. The molecule has 2 atom stereocenters. The Balaban J connectivity index is 2.03. The Hall–Kier alpha value is -1.31. The first kappa shape index (κ1) is 17.1. The van der Waals surface area contributed by atoms with Gasteiger partial charge in [0.2, 0.25) is 5.91 Å². The van der Waals surface area contributed by atoms with Gasteiger partial charge in [-0.1, -0.05) is 0 Å². The molecule has 0 aromatic heterocycles. The van der Waals surface area contributed by atoms with Crippen molar-refractivity contribution >= 4 is 21.8 Å². The van der Waals surface area contributed by atoms with Crippen molar-refractivity contribution in [2.45, 2.75) is 32.2 Å². The largest absolute Gasteiger partial charge is 0.453 e. The minimum Gasteiger partial charge on any atom is -0.453 e. The molecule has 2 aliphatic rings. The average Bonchev–Trinajstić information content (AvgIpc) is 2.87. The van der Waals surface area contributed by atoms with Crippen LogP contribution in [0.1, 0.15) is 26.2 Å². The zero-order valence-corrected chi connectivity index (χ0v) is 14.0. The Morgan fingerprint density at radius 2 is 2.05 bits per heavy atom. The van der Waals surface area contributed by atoms with Crippen LogP contribution in [0, 0.1) is 5.92 Å². The summed E-state index contributed by atoms with van der Waals surface area (Å²) in [5.41, 5.74) is 0. The Kier molecular flexibility index (Phi) is 5.31. The van der Waals surface area contributed by atoms with Gasteiger partial charge in [-0.15, -0.1) is 0 Å². The number of piperidine rings is 1. The van der Waals surface area contributed by atoms with E-state index in [1.165, 1.54) is 7.11 Å². The number of hydrogen-bond acceptors (Lipinski definition) is 5. The topological polar surface area (TPSA) is 84.0 Å². The van der Waals surface area contributed by atoms with Crippen LogP contribution in [-0.2, 0) is 19.4 Å². The SMILES string of the molecule is CCN(C(=O)C1CCCN(C(=O)OC)C1)C1CCS(=O)(=O)C1. The number of carbonyl (C=O) groups excluding carboxylic acids is 2. The quantitative estimate of drug-likeness (QED) is 0.751. The van der Waals surface area contributed by atoms with E-state index < -0.39 is 15.9 Å². The average molecular weight is 332 g/mol. The van der Waals surface area contributed by atoms with Crippen LogP contribution < -0.4 is 0 Å². The normalized spacial score (nSPS) is 27.5. The molecule has 0 saturated carbocycles. The zero-order chi connectivity index (χ0) is 16.3. The molecule has 0 aromatic carbocycles. The molecule has 22 heavy (non-hydrogen) atoms. The highest BCUT2D eigenvalue weighted by Gasteiger charge is 2.38. The lowest BCUT2D eigenvalue weighted by Gasteiger charge is -2.35. The number of rotatable bonds is 3. The van der Waals surface area contributed by atoms with Gasteiger partial charge in [0.15, 0.2) is 9.84 Å². The van der Waals surface area contributed by atoms with E-state index in [0.29, 0.717) is 26.1 Å². The van der Waals surface area contributed by atoms with E-state index in [1.54, 1.807) is 9.80 Å². The third kappa shape index (κ3) is 3.71. The maximum Gasteiger partial charge on any atom is 0.409 e. The molecule has 126 valence electrons. The number of ether oxygens (including phenoxy) is 1. The monoisotopic (exact) mass is 332 g/mol. The molecule has 2 amide bonds. The maximum absolute atomic E-state index is 12.7. The van der Waals surface area contributed by atoms with Gasteiger partial charge in [-0.25, -0.2) is 13.2 Å². The van der Waals surface area contributed by atoms with Crippen molar-refractivity contribution in [2.24, 2.45) is 5.92 Å². The van der Waals surface area contributed by atoms with Crippen LogP contribution >= 0.6 is 0 Å². The molecule has 0 radical (unpaired) electrons. The summed E-state index contributed by atoms with van der Waals surface area (Å²) in [6.45, 7) is 3.30. The molecule has 0 aromatic rings. The van der Waals surface area contributed by atoms with Crippen LogP contribution in [0.2, 0.25) is 0 Å². The fourth-order valence-electron chi connectivity index (χ4n) is 3.32. The van der Waals surface area contributed by atoms with Crippen molar-refractivity contribution in [3.63, 3.8) is 0 Å². The van der Waals surface area contributed by atoms with E-state index in [0.717, 1.165) is 12.8 Å². The molecule has 2 saturated heterocycles. The second-order valence-corrected chi connectivity index (χ2v) is 8.17. The van der Waals surface area contributed by atoms with Gasteiger partial charge in [-0.3, -0.25) is 4.79 Å². The van der Waals surface area contributed by atoms with Crippen molar-refractivity contribution in [1.82, 2.24) is 9.80 Å². The summed E-state index contributed by atoms with van der Waals surface area (Å²) in [6, 6.07) is -0.226. The molecule has 8 heteroatoms. The predicted molar refractivity (Wildman–Crippen MR) is 81.1 cm³/mol. The van der Waals surface area contributed by atoms with Crippen molar-refractivity contribution in [1.29, 1.82) is 0 Å². The summed E-state index contributed by atoms with van der Waals surface area (Å²) in [5.74, 6) is -0.102. The molecule has 2 unspecified atom stereocenters. The van der Waals surface area contributed by atoms with Gasteiger partial charge in [0.05, 0.1) is 24.5 Å². The maximum atomic E-state index is 12.7. The van der Waals surface area contributed by atoms with Crippen LogP contribution in [0.25, 0.3) is 0 Å². The molecule has 2 heterocycles. The summed E-state index contributed by atoms with van der Waals surface area (Å²) in [4.78, 5) is 27.6. The second kappa shape index (κ2) is 6.85. The molecule has 7 nitrogen and oxygen atoms in total. The Labute approximate surface area is 131 Å². The summed E-state index contributed by atoms with van der Waals surface area (Å²) in [6.07, 6.45) is 1.58. The van der Waals surface area contributed by atoms with Crippen LogP contribution in [0.15, 0.2) is 0 Å². The molecular formula is C14H24N2O5S. The van der Waals surface area contributed by atoms with Gasteiger partial charge in [0.1, 0.15) is 0 Å². The van der Waals surface area contributed by atoms with Gasteiger partial charge in [0, 0.05) is 25.7 Å². The first-order valence-electron chi connectivity index (χ1n) is 7.71. The number of methoxy groups -OCH3 is 1. The molecule has 0 aliphatic carbocycles. The Morgan fingerprint density at radius 1 is 1.32 bits per heavy atom. The summed E-state index contributed by atoms with van der Waals surface area (Å²) in [7, 11) is -1.69. The van der Waals surface area contributed by atoms with Crippen molar-refractivity contribution in [2.75, 3.05) is 38.2 Å². The van der Waals surface area contributed by atoms with E-state index >= 15 is 0 Å². The van der Waals surface area contributed by atoms with Crippen LogP contribution in [0.4, 0.5) is 4.79 Å². The Morgan fingerprint density at radius 3 is 2.59 bits per heavy atom. The van der Waals surface area contributed by atoms with Gasteiger partial charge >= 0.3 is 6.09 Å².